The van der Waals surface area contributed by atoms with Crippen LogP contribution in [-0.2, 0) is 11.8 Å². The van der Waals surface area contributed by atoms with Gasteiger partial charge < -0.3 is 15.0 Å². The molecule has 2 aromatic heterocycles. The molecular formula is C15H13FN2O3S. The molecule has 5 nitrogen and oxygen atoms in total. The zero-order chi connectivity index (χ0) is 16.0. The summed E-state index contributed by atoms with van der Waals surface area (Å²) in [6.07, 6.45) is 0. The molecule has 0 aliphatic heterocycles. The third kappa shape index (κ3) is 1.97. The number of thiophene rings is 1. The number of hydrogen-bond donors (Lipinski definition) is 1. The summed E-state index contributed by atoms with van der Waals surface area (Å²) >= 11 is 1.10. The third-order valence-corrected chi connectivity index (χ3v) is 4.75. The van der Waals surface area contributed by atoms with Gasteiger partial charge in [-0.1, -0.05) is 0 Å². The van der Waals surface area contributed by atoms with Gasteiger partial charge in [0.25, 0.3) is 0 Å². The molecule has 0 radical (unpaired) electrons. The summed E-state index contributed by atoms with van der Waals surface area (Å²) in [5.74, 6) is -1.06. The number of halogens is 1. The molecule has 0 saturated carbocycles. The fourth-order valence-corrected chi connectivity index (χ4v) is 3.55. The first-order valence-electron chi connectivity index (χ1n) is 6.63. The predicted molar refractivity (Wildman–Crippen MR) is 84.9 cm³/mol. The molecule has 0 unspecified atom stereocenters. The number of anilines is 1. The number of aromatic nitrogens is 1. The van der Waals surface area contributed by atoms with Crippen molar-refractivity contribution in [3.05, 3.63) is 39.1 Å². The molecule has 22 heavy (non-hydrogen) atoms. The van der Waals surface area contributed by atoms with Crippen molar-refractivity contribution in [2.24, 2.45) is 7.05 Å². The van der Waals surface area contributed by atoms with E-state index in [4.69, 9.17) is 10.5 Å². The molecule has 3 rings (SSSR count). The van der Waals surface area contributed by atoms with Gasteiger partial charge in [0.05, 0.1) is 23.2 Å². The molecule has 0 bridgehead atoms. The molecule has 3 aromatic rings. The number of esters is 1. The molecule has 0 spiro atoms. The Labute approximate surface area is 128 Å². The number of nitrogen functional groups attached to an aromatic ring is 1. The van der Waals surface area contributed by atoms with Crippen molar-refractivity contribution < 1.29 is 13.9 Å². The Morgan fingerprint density at radius 2 is 2.18 bits per heavy atom. The maximum absolute atomic E-state index is 13.4. The van der Waals surface area contributed by atoms with Crippen molar-refractivity contribution in [1.82, 2.24) is 4.57 Å². The highest BCUT2D eigenvalue weighted by molar-refractivity contribution is 7.21. The SMILES string of the molecule is CCOC(=O)c1sc2c(c1N)c(=O)c1cc(F)ccc1n2C. The highest BCUT2D eigenvalue weighted by Crippen LogP contribution is 2.33. The Balaban J connectivity index is 2.45. The van der Waals surface area contributed by atoms with Crippen LogP contribution in [0.25, 0.3) is 21.1 Å². The fourth-order valence-electron chi connectivity index (χ4n) is 2.46. The monoisotopic (exact) mass is 320 g/mol. The first kappa shape index (κ1) is 14.5. The Bertz CT molecular complexity index is 974. The van der Waals surface area contributed by atoms with E-state index in [0.29, 0.717) is 10.3 Å². The first-order valence-corrected chi connectivity index (χ1v) is 7.44. The normalized spacial score (nSPS) is 11.2. The minimum atomic E-state index is -0.559. The lowest BCUT2D eigenvalue weighted by atomic mass is 10.1. The topological polar surface area (TPSA) is 74.3 Å². The van der Waals surface area contributed by atoms with Crippen molar-refractivity contribution >= 4 is 44.1 Å². The lowest BCUT2D eigenvalue weighted by Gasteiger charge is -2.07. The molecular weight excluding hydrogens is 307 g/mol. The number of nitrogens with two attached hydrogens (primary N) is 1. The van der Waals surface area contributed by atoms with Crippen LogP contribution in [-0.4, -0.2) is 17.1 Å². The maximum atomic E-state index is 13.4. The van der Waals surface area contributed by atoms with E-state index in [1.165, 1.54) is 18.2 Å². The summed E-state index contributed by atoms with van der Waals surface area (Å²) in [6, 6.07) is 4.00. The molecule has 0 fully saturated rings. The summed E-state index contributed by atoms with van der Waals surface area (Å²) in [5.41, 5.74) is 6.26. The van der Waals surface area contributed by atoms with Crippen molar-refractivity contribution in [1.29, 1.82) is 0 Å². The van der Waals surface area contributed by atoms with Gasteiger partial charge >= 0.3 is 5.97 Å². The zero-order valence-electron chi connectivity index (χ0n) is 12.0. The lowest BCUT2D eigenvalue weighted by Crippen LogP contribution is -2.10. The lowest BCUT2D eigenvalue weighted by molar-refractivity contribution is 0.0533. The number of pyridine rings is 1. The Hall–Kier alpha value is -2.41. The number of hydrogen-bond acceptors (Lipinski definition) is 5. The average Bonchev–Trinajstić information content (AvgIpc) is 2.83. The standard InChI is InChI=1S/C15H13FN2O3S/c1-3-21-15(20)13-11(17)10-12(19)8-6-7(16)4-5-9(8)18(2)14(10)22-13/h4-6H,3,17H2,1-2H3. The van der Waals surface area contributed by atoms with Crippen LogP contribution in [0.3, 0.4) is 0 Å². The van der Waals surface area contributed by atoms with Crippen LogP contribution in [0.2, 0.25) is 0 Å². The second-order valence-electron chi connectivity index (χ2n) is 4.80. The van der Waals surface area contributed by atoms with E-state index in [2.05, 4.69) is 0 Å². The van der Waals surface area contributed by atoms with Gasteiger partial charge in [-0.15, -0.1) is 11.3 Å². The number of rotatable bonds is 2. The predicted octanol–water partition coefficient (Wildman–Crippen LogP) is 2.65. The van der Waals surface area contributed by atoms with Crippen LogP contribution < -0.4 is 11.2 Å². The van der Waals surface area contributed by atoms with Gasteiger partial charge in [0.1, 0.15) is 15.5 Å². The highest BCUT2D eigenvalue weighted by Gasteiger charge is 2.22. The van der Waals surface area contributed by atoms with Crippen molar-refractivity contribution in [3.63, 3.8) is 0 Å². The second-order valence-corrected chi connectivity index (χ2v) is 5.79. The van der Waals surface area contributed by atoms with Crippen molar-refractivity contribution in [2.45, 2.75) is 6.92 Å². The molecule has 0 atom stereocenters. The quantitative estimate of drug-likeness (QED) is 0.737. The van der Waals surface area contributed by atoms with Crippen LogP contribution >= 0.6 is 11.3 Å². The fraction of sp³-hybridized carbons (Fsp3) is 0.200. The van der Waals surface area contributed by atoms with E-state index in [1.807, 2.05) is 0 Å². The Morgan fingerprint density at radius 3 is 2.86 bits per heavy atom. The Morgan fingerprint density at radius 1 is 1.45 bits per heavy atom. The van der Waals surface area contributed by atoms with Gasteiger partial charge in [-0.3, -0.25) is 4.79 Å². The number of benzene rings is 1. The molecule has 114 valence electrons. The van der Waals surface area contributed by atoms with E-state index in [9.17, 15) is 14.0 Å². The van der Waals surface area contributed by atoms with Gasteiger partial charge in [0, 0.05) is 12.4 Å². The molecule has 7 heteroatoms. The van der Waals surface area contributed by atoms with E-state index in [1.54, 1.807) is 18.5 Å². The molecule has 2 N–H and O–H groups in total. The largest absolute Gasteiger partial charge is 0.462 e. The number of fused-ring (bicyclic) bond motifs is 2. The first-order chi connectivity index (χ1) is 10.5. The van der Waals surface area contributed by atoms with Crippen LogP contribution in [0.1, 0.15) is 16.6 Å². The molecule has 0 aliphatic rings. The minimum absolute atomic E-state index is 0.0882. The molecule has 2 heterocycles. The molecule has 0 saturated heterocycles. The third-order valence-electron chi connectivity index (χ3n) is 3.48. The second kappa shape index (κ2) is 5.10. The summed E-state index contributed by atoms with van der Waals surface area (Å²) in [6.45, 7) is 1.91. The van der Waals surface area contributed by atoms with Crippen LogP contribution in [0, 0.1) is 5.82 Å². The van der Waals surface area contributed by atoms with Crippen molar-refractivity contribution in [3.8, 4) is 0 Å². The summed E-state index contributed by atoms with van der Waals surface area (Å²) in [5, 5.41) is 0.462. The Kier molecular flexibility index (Phi) is 3.37. The number of aryl methyl sites for hydroxylation is 1. The zero-order valence-corrected chi connectivity index (χ0v) is 12.8. The number of carbonyl (C=O) groups is 1. The summed E-state index contributed by atoms with van der Waals surface area (Å²) in [4.78, 5) is 25.3. The van der Waals surface area contributed by atoms with E-state index >= 15 is 0 Å². The molecule has 0 aliphatic carbocycles. The van der Waals surface area contributed by atoms with Gasteiger partial charge in [-0.05, 0) is 25.1 Å². The van der Waals surface area contributed by atoms with E-state index < -0.39 is 11.8 Å². The summed E-state index contributed by atoms with van der Waals surface area (Å²) < 4.78 is 20.1. The van der Waals surface area contributed by atoms with Crippen LogP contribution in [0.15, 0.2) is 23.0 Å². The average molecular weight is 320 g/mol. The molecule has 0 amide bonds. The number of ether oxygens (including phenoxy) is 1. The van der Waals surface area contributed by atoms with Gasteiger partial charge in [0.15, 0.2) is 5.43 Å². The van der Waals surface area contributed by atoms with E-state index in [0.717, 1.165) is 11.3 Å². The molecule has 1 aromatic carbocycles. The minimum Gasteiger partial charge on any atom is -0.462 e. The number of carbonyl (C=O) groups excluding carboxylic acids is 1. The highest BCUT2D eigenvalue weighted by atomic mass is 32.1. The maximum Gasteiger partial charge on any atom is 0.350 e. The smallest absolute Gasteiger partial charge is 0.350 e. The van der Waals surface area contributed by atoms with Crippen LogP contribution in [0.4, 0.5) is 10.1 Å². The number of nitrogens with zero attached hydrogens (tertiary/aromatic N) is 1. The van der Waals surface area contributed by atoms with Gasteiger partial charge in [-0.25, -0.2) is 9.18 Å². The summed E-state index contributed by atoms with van der Waals surface area (Å²) in [7, 11) is 1.74. The van der Waals surface area contributed by atoms with Gasteiger partial charge in [-0.2, -0.15) is 0 Å². The van der Waals surface area contributed by atoms with E-state index in [-0.39, 0.29) is 33.4 Å². The van der Waals surface area contributed by atoms with Crippen molar-refractivity contribution in [2.75, 3.05) is 12.3 Å². The van der Waals surface area contributed by atoms with Crippen LogP contribution in [0.5, 0.6) is 0 Å². The van der Waals surface area contributed by atoms with Gasteiger partial charge in [0.2, 0.25) is 0 Å².